The molecular formula is C22H26FNO4. The molecule has 0 radical (unpaired) electrons. The number of rotatable bonds is 10. The van der Waals surface area contributed by atoms with E-state index in [4.69, 9.17) is 14.2 Å². The van der Waals surface area contributed by atoms with E-state index in [1.165, 1.54) is 12.1 Å². The van der Waals surface area contributed by atoms with Crippen molar-refractivity contribution in [3.63, 3.8) is 0 Å². The molecule has 1 N–H and O–H groups in total. The van der Waals surface area contributed by atoms with Crippen LogP contribution in [0.5, 0.6) is 5.75 Å². The van der Waals surface area contributed by atoms with Crippen molar-refractivity contribution in [2.75, 3.05) is 26.4 Å². The minimum absolute atomic E-state index is 0.186. The van der Waals surface area contributed by atoms with Gasteiger partial charge in [0.1, 0.15) is 18.2 Å². The maximum atomic E-state index is 13.0. The second-order valence-corrected chi connectivity index (χ2v) is 6.73. The van der Waals surface area contributed by atoms with Crippen molar-refractivity contribution in [1.29, 1.82) is 0 Å². The molecular weight excluding hydrogens is 361 g/mol. The summed E-state index contributed by atoms with van der Waals surface area (Å²) < 4.78 is 29.8. The third-order valence-electron chi connectivity index (χ3n) is 4.52. The lowest BCUT2D eigenvalue weighted by molar-refractivity contribution is 0.0166. The van der Waals surface area contributed by atoms with Crippen LogP contribution >= 0.6 is 0 Å². The van der Waals surface area contributed by atoms with Gasteiger partial charge in [0.15, 0.2) is 0 Å². The van der Waals surface area contributed by atoms with E-state index in [0.717, 1.165) is 31.4 Å². The Labute approximate surface area is 164 Å². The average molecular weight is 387 g/mol. The SMILES string of the molecule is O=C(NCCCOCC1CCCO1)c1ccccc1OCc1ccc(F)cc1. The van der Waals surface area contributed by atoms with Crippen molar-refractivity contribution < 1.29 is 23.4 Å². The fourth-order valence-corrected chi connectivity index (χ4v) is 2.98. The molecule has 1 saturated heterocycles. The van der Waals surface area contributed by atoms with Crippen molar-refractivity contribution in [1.82, 2.24) is 5.32 Å². The molecule has 28 heavy (non-hydrogen) atoms. The third kappa shape index (κ3) is 6.32. The first-order valence-corrected chi connectivity index (χ1v) is 9.66. The summed E-state index contributed by atoms with van der Waals surface area (Å²) in [6.45, 7) is 2.82. The highest BCUT2D eigenvalue weighted by Crippen LogP contribution is 2.19. The van der Waals surface area contributed by atoms with Crippen molar-refractivity contribution in [3.05, 3.63) is 65.5 Å². The molecule has 0 bridgehead atoms. The highest BCUT2D eigenvalue weighted by atomic mass is 19.1. The lowest BCUT2D eigenvalue weighted by atomic mass is 10.2. The summed E-state index contributed by atoms with van der Waals surface area (Å²) in [5.74, 6) is 0.0241. The zero-order valence-electron chi connectivity index (χ0n) is 15.9. The van der Waals surface area contributed by atoms with Crippen molar-refractivity contribution in [3.8, 4) is 5.75 Å². The predicted molar refractivity (Wildman–Crippen MR) is 104 cm³/mol. The molecule has 6 heteroatoms. The Morgan fingerprint density at radius 1 is 1.18 bits per heavy atom. The van der Waals surface area contributed by atoms with Crippen LogP contribution in [-0.2, 0) is 16.1 Å². The van der Waals surface area contributed by atoms with E-state index in [0.29, 0.717) is 31.1 Å². The Hall–Kier alpha value is -2.44. The van der Waals surface area contributed by atoms with Gasteiger partial charge >= 0.3 is 0 Å². The van der Waals surface area contributed by atoms with E-state index in [2.05, 4.69) is 5.32 Å². The fourth-order valence-electron chi connectivity index (χ4n) is 2.98. The summed E-state index contributed by atoms with van der Waals surface area (Å²) in [5, 5.41) is 2.89. The zero-order chi connectivity index (χ0) is 19.6. The van der Waals surface area contributed by atoms with Gasteiger partial charge in [0, 0.05) is 19.8 Å². The smallest absolute Gasteiger partial charge is 0.255 e. The lowest BCUT2D eigenvalue weighted by Gasteiger charge is -2.12. The number of carbonyl (C=O) groups is 1. The predicted octanol–water partition coefficient (Wildman–Crippen LogP) is 3.72. The van der Waals surface area contributed by atoms with Crippen LogP contribution in [0.1, 0.15) is 35.2 Å². The Bertz CT molecular complexity index is 744. The van der Waals surface area contributed by atoms with E-state index < -0.39 is 0 Å². The summed E-state index contributed by atoms with van der Waals surface area (Å²) in [4.78, 5) is 12.5. The molecule has 3 rings (SSSR count). The Morgan fingerprint density at radius 3 is 2.79 bits per heavy atom. The van der Waals surface area contributed by atoms with E-state index >= 15 is 0 Å². The van der Waals surface area contributed by atoms with E-state index in [1.54, 1.807) is 30.3 Å². The van der Waals surface area contributed by atoms with E-state index in [-0.39, 0.29) is 24.4 Å². The van der Waals surface area contributed by atoms with Crippen molar-refractivity contribution in [2.24, 2.45) is 0 Å². The van der Waals surface area contributed by atoms with Crippen LogP contribution in [-0.4, -0.2) is 38.4 Å². The van der Waals surface area contributed by atoms with Gasteiger partial charge in [-0.2, -0.15) is 0 Å². The quantitative estimate of drug-likeness (QED) is 0.632. The lowest BCUT2D eigenvalue weighted by Crippen LogP contribution is -2.26. The summed E-state index contributed by atoms with van der Waals surface area (Å²) in [6, 6.07) is 13.2. The first-order valence-electron chi connectivity index (χ1n) is 9.66. The van der Waals surface area contributed by atoms with Crippen LogP contribution in [0.4, 0.5) is 4.39 Å². The number of carbonyl (C=O) groups excluding carboxylic acids is 1. The first kappa shape index (κ1) is 20.3. The van der Waals surface area contributed by atoms with E-state index in [9.17, 15) is 9.18 Å². The number of benzene rings is 2. The summed E-state index contributed by atoms with van der Waals surface area (Å²) in [7, 11) is 0. The Morgan fingerprint density at radius 2 is 2.00 bits per heavy atom. The van der Waals surface area contributed by atoms with Crippen LogP contribution in [0.15, 0.2) is 48.5 Å². The normalized spacial score (nSPS) is 16.1. The highest BCUT2D eigenvalue weighted by Gasteiger charge is 2.15. The molecule has 0 aromatic heterocycles. The van der Waals surface area contributed by atoms with Crippen molar-refractivity contribution >= 4 is 5.91 Å². The first-order chi connectivity index (χ1) is 13.7. The van der Waals surface area contributed by atoms with Gasteiger partial charge in [0.05, 0.1) is 18.3 Å². The second kappa shape index (κ2) is 10.8. The monoisotopic (exact) mass is 387 g/mol. The minimum Gasteiger partial charge on any atom is -0.488 e. The zero-order valence-corrected chi connectivity index (χ0v) is 15.9. The number of ether oxygens (including phenoxy) is 3. The van der Waals surface area contributed by atoms with Gasteiger partial charge in [0.2, 0.25) is 0 Å². The van der Waals surface area contributed by atoms with Gasteiger partial charge in [-0.25, -0.2) is 4.39 Å². The highest BCUT2D eigenvalue weighted by molar-refractivity contribution is 5.96. The summed E-state index contributed by atoms with van der Waals surface area (Å²) in [5.41, 5.74) is 1.31. The number of hydrogen-bond acceptors (Lipinski definition) is 4. The van der Waals surface area contributed by atoms with Gasteiger partial charge in [-0.3, -0.25) is 4.79 Å². The molecule has 1 aliphatic rings. The number of nitrogens with one attached hydrogen (secondary N) is 1. The molecule has 0 spiro atoms. The minimum atomic E-state index is -0.289. The van der Waals surface area contributed by atoms with Gasteiger partial charge in [-0.15, -0.1) is 0 Å². The van der Waals surface area contributed by atoms with Crippen LogP contribution in [0.2, 0.25) is 0 Å². The van der Waals surface area contributed by atoms with Crippen molar-refractivity contribution in [2.45, 2.75) is 32.0 Å². The summed E-state index contributed by atoms with van der Waals surface area (Å²) >= 11 is 0. The summed E-state index contributed by atoms with van der Waals surface area (Å²) in [6.07, 6.45) is 3.12. The molecule has 1 unspecified atom stereocenters. The molecule has 2 aromatic rings. The average Bonchev–Trinajstić information content (AvgIpc) is 3.24. The Balaban J connectivity index is 1.41. The molecule has 1 amide bonds. The number of halogens is 1. The maximum Gasteiger partial charge on any atom is 0.255 e. The molecule has 1 fully saturated rings. The van der Waals surface area contributed by atoms with Crippen LogP contribution in [0.25, 0.3) is 0 Å². The van der Waals surface area contributed by atoms with Crippen LogP contribution in [0, 0.1) is 5.82 Å². The van der Waals surface area contributed by atoms with E-state index in [1.807, 2.05) is 6.07 Å². The van der Waals surface area contributed by atoms with Crippen LogP contribution in [0.3, 0.4) is 0 Å². The molecule has 2 aromatic carbocycles. The topological polar surface area (TPSA) is 56.8 Å². The van der Waals surface area contributed by atoms with Crippen LogP contribution < -0.4 is 10.1 Å². The molecule has 1 aliphatic heterocycles. The Kier molecular flexibility index (Phi) is 7.82. The fraction of sp³-hybridized carbons (Fsp3) is 0.409. The number of para-hydroxylation sites is 1. The standard InChI is InChI=1S/C22H26FNO4/c23-18-10-8-17(9-11-18)15-28-21-7-2-1-6-20(21)22(25)24-12-4-13-26-16-19-5-3-14-27-19/h1-2,6-11,19H,3-5,12-16H2,(H,24,25). The third-order valence-corrected chi connectivity index (χ3v) is 4.52. The maximum absolute atomic E-state index is 13.0. The molecule has 5 nitrogen and oxygen atoms in total. The number of hydrogen-bond donors (Lipinski definition) is 1. The second-order valence-electron chi connectivity index (χ2n) is 6.73. The van der Waals surface area contributed by atoms with Gasteiger partial charge in [-0.1, -0.05) is 24.3 Å². The van der Waals surface area contributed by atoms with Gasteiger partial charge in [0.25, 0.3) is 5.91 Å². The molecule has 150 valence electrons. The molecule has 0 saturated carbocycles. The number of amides is 1. The molecule has 1 atom stereocenters. The molecule has 1 heterocycles. The van der Waals surface area contributed by atoms with Gasteiger partial charge in [-0.05, 0) is 49.1 Å². The largest absolute Gasteiger partial charge is 0.488 e. The molecule has 0 aliphatic carbocycles. The van der Waals surface area contributed by atoms with Gasteiger partial charge < -0.3 is 19.5 Å².